The maximum absolute atomic E-state index is 12.0. The number of nitrogens with one attached hydrogen (secondary N) is 2. The van der Waals surface area contributed by atoms with Crippen molar-refractivity contribution in [3.05, 3.63) is 36.9 Å². The molecule has 1 aromatic heterocycles. The zero-order valence-corrected chi connectivity index (χ0v) is 12.6. The van der Waals surface area contributed by atoms with Crippen LogP contribution in [0.5, 0.6) is 0 Å². The highest BCUT2D eigenvalue weighted by atomic mass is 32.2. The number of hydrogen-bond acceptors (Lipinski definition) is 5. The maximum Gasteiger partial charge on any atom is 0.242 e. The Morgan fingerprint density at radius 1 is 1.38 bits per heavy atom. The highest BCUT2D eigenvalue weighted by molar-refractivity contribution is 7.89. The Labute approximate surface area is 124 Å². The van der Waals surface area contributed by atoms with E-state index in [9.17, 15) is 8.42 Å². The van der Waals surface area contributed by atoms with Gasteiger partial charge in [-0.1, -0.05) is 0 Å². The molecule has 0 atom stereocenters. The molecule has 0 spiro atoms. The Hall–Kier alpha value is -2.06. The van der Waals surface area contributed by atoms with E-state index in [1.54, 1.807) is 24.7 Å². The summed E-state index contributed by atoms with van der Waals surface area (Å²) < 4.78 is 28.2. The van der Waals surface area contributed by atoms with E-state index in [2.05, 4.69) is 15.0 Å². The first-order valence-corrected chi connectivity index (χ1v) is 8.04. The van der Waals surface area contributed by atoms with Crippen LogP contribution in [0, 0.1) is 0 Å². The molecule has 1 heterocycles. The number of nitrogen functional groups attached to an aromatic ring is 1. The summed E-state index contributed by atoms with van der Waals surface area (Å²) >= 11 is 0. The van der Waals surface area contributed by atoms with Gasteiger partial charge in [0.2, 0.25) is 10.0 Å². The third kappa shape index (κ3) is 3.96. The smallest absolute Gasteiger partial charge is 0.242 e. The van der Waals surface area contributed by atoms with Crippen molar-refractivity contribution in [2.45, 2.75) is 17.9 Å². The molecule has 2 aromatic rings. The molecule has 0 bridgehead atoms. The summed E-state index contributed by atoms with van der Waals surface area (Å²) in [6, 6.07) is 4.80. The van der Waals surface area contributed by atoms with Crippen LogP contribution in [0.25, 0.3) is 0 Å². The first-order valence-electron chi connectivity index (χ1n) is 6.55. The normalized spacial score (nSPS) is 11.5. The predicted octanol–water partition coefficient (Wildman–Crippen LogP) is 0.876. The number of hydrogen-bond donors (Lipinski definition) is 3. The van der Waals surface area contributed by atoms with Crippen LogP contribution >= 0.6 is 0 Å². The summed E-state index contributed by atoms with van der Waals surface area (Å²) in [5.41, 5.74) is 6.62. The first-order chi connectivity index (χ1) is 10.0. The van der Waals surface area contributed by atoms with Crippen molar-refractivity contribution in [3.8, 4) is 0 Å². The van der Waals surface area contributed by atoms with E-state index in [-0.39, 0.29) is 4.90 Å². The minimum absolute atomic E-state index is 0.160. The molecule has 0 aliphatic carbocycles. The molecule has 7 nitrogen and oxygen atoms in total. The second-order valence-electron chi connectivity index (χ2n) is 4.54. The van der Waals surface area contributed by atoms with Gasteiger partial charge < -0.3 is 15.6 Å². The van der Waals surface area contributed by atoms with Crippen molar-refractivity contribution in [2.24, 2.45) is 0 Å². The second-order valence-corrected chi connectivity index (χ2v) is 6.40. The van der Waals surface area contributed by atoms with Gasteiger partial charge in [0.1, 0.15) is 4.90 Å². The van der Waals surface area contributed by atoms with E-state index in [0.29, 0.717) is 17.9 Å². The lowest BCUT2D eigenvalue weighted by atomic mass is 10.2. The average Bonchev–Trinajstić information content (AvgIpc) is 2.98. The number of aromatic nitrogens is 2. The molecule has 0 unspecified atom stereocenters. The monoisotopic (exact) mass is 309 g/mol. The zero-order chi connectivity index (χ0) is 15.3. The first kappa shape index (κ1) is 15.3. The van der Waals surface area contributed by atoms with Gasteiger partial charge in [-0.3, -0.25) is 0 Å². The van der Waals surface area contributed by atoms with Crippen molar-refractivity contribution in [3.63, 3.8) is 0 Å². The largest absolute Gasteiger partial charge is 0.399 e. The van der Waals surface area contributed by atoms with Crippen LogP contribution in [0.4, 0.5) is 11.4 Å². The van der Waals surface area contributed by atoms with Gasteiger partial charge in [0.15, 0.2) is 0 Å². The molecule has 2 rings (SSSR count). The summed E-state index contributed by atoms with van der Waals surface area (Å²) in [7, 11) is -2.16. The number of aryl methyl sites for hydroxylation is 1. The van der Waals surface area contributed by atoms with Crippen LogP contribution in [-0.4, -0.2) is 31.6 Å². The third-order valence-corrected chi connectivity index (χ3v) is 4.49. The minimum Gasteiger partial charge on any atom is -0.399 e. The third-order valence-electron chi connectivity index (χ3n) is 3.03. The summed E-state index contributed by atoms with van der Waals surface area (Å²) in [6.45, 7) is 1.46. The van der Waals surface area contributed by atoms with E-state index in [1.807, 2.05) is 10.8 Å². The van der Waals surface area contributed by atoms with Gasteiger partial charge in [0.25, 0.3) is 0 Å². The lowest BCUT2D eigenvalue weighted by molar-refractivity contribution is 0.588. The molecule has 0 aliphatic rings. The van der Waals surface area contributed by atoms with E-state index in [4.69, 9.17) is 5.73 Å². The Bertz CT molecular complexity index is 683. The predicted molar refractivity (Wildman–Crippen MR) is 82.4 cm³/mol. The van der Waals surface area contributed by atoms with Crippen LogP contribution in [0.1, 0.15) is 6.42 Å². The topological polar surface area (TPSA) is 102 Å². The summed E-state index contributed by atoms with van der Waals surface area (Å²) in [5.74, 6) is 0. The number of sulfonamides is 1. The van der Waals surface area contributed by atoms with Gasteiger partial charge in [0.05, 0.1) is 12.0 Å². The molecule has 8 heteroatoms. The molecule has 114 valence electrons. The molecular formula is C13H19N5O2S. The van der Waals surface area contributed by atoms with Crippen molar-refractivity contribution in [2.75, 3.05) is 24.6 Å². The Morgan fingerprint density at radius 3 is 2.86 bits per heavy atom. The minimum atomic E-state index is -3.54. The molecule has 21 heavy (non-hydrogen) atoms. The maximum atomic E-state index is 12.0. The van der Waals surface area contributed by atoms with Gasteiger partial charge in [-0.25, -0.2) is 18.1 Å². The molecule has 0 saturated carbocycles. The molecule has 4 N–H and O–H groups in total. The number of rotatable bonds is 7. The van der Waals surface area contributed by atoms with E-state index in [1.165, 1.54) is 13.1 Å². The summed E-state index contributed by atoms with van der Waals surface area (Å²) in [4.78, 5) is 4.13. The lowest BCUT2D eigenvalue weighted by Gasteiger charge is -2.13. The number of benzene rings is 1. The van der Waals surface area contributed by atoms with Gasteiger partial charge >= 0.3 is 0 Å². The zero-order valence-electron chi connectivity index (χ0n) is 11.8. The molecule has 0 amide bonds. The summed E-state index contributed by atoms with van der Waals surface area (Å²) in [5, 5.41) is 3.13. The van der Waals surface area contributed by atoms with Gasteiger partial charge in [0, 0.05) is 31.2 Å². The van der Waals surface area contributed by atoms with Crippen LogP contribution in [0.2, 0.25) is 0 Å². The molecule has 1 aromatic carbocycles. The number of nitrogens with two attached hydrogens (primary N) is 1. The second kappa shape index (κ2) is 6.59. The average molecular weight is 309 g/mol. The quantitative estimate of drug-likeness (QED) is 0.520. The van der Waals surface area contributed by atoms with Crippen molar-refractivity contribution in [1.29, 1.82) is 0 Å². The van der Waals surface area contributed by atoms with Crippen LogP contribution in [-0.2, 0) is 16.6 Å². The van der Waals surface area contributed by atoms with Crippen molar-refractivity contribution < 1.29 is 8.42 Å². The Balaban J connectivity index is 2.02. The highest BCUT2D eigenvalue weighted by Gasteiger charge is 2.16. The number of imidazole rings is 1. The summed E-state index contributed by atoms with van der Waals surface area (Å²) in [6.07, 6.45) is 6.21. The van der Waals surface area contributed by atoms with Gasteiger partial charge in [-0.15, -0.1) is 0 Å². The van der Waals surface area contributed by atoms with Crippen LogP contribution in [0.3, 0.4) is 0 Å². The van der Waals surface area contributed by atoms with Crippen molar-refractivity contribution >= 4 is 21.4 Å². The SMILES string of the molecule is CNS(=O)(=O)c1cc(N)ccc1NCCCn1ccnc1. The molecule has 0 aliphatic heterocycles. The fourth-order valence-electron chi connectivity index (χ4n) is 1.92. The van der Waals surface area contributed by atoms with Crippen molar-refractivity contribution in [1.82, 2.24) is 14.3 Å². The van der Waals surface area contributed by atoms with Gasteiger partial charge in [-0.05, 0) is 31.7 Å². The van der Waals surface area contributed by atoms with E-state index >= 15 is 0 Å². The standard InChI is InChI=1S/C13H19N5O2S/c1-15-21(19,20)13-9-11(14)3-4-12(13)17-5-2-7-18-8-6-16-10-18/h3-4,6,8-10,15,17H,2,5,7,14H2,1H3. The molecule has 0 radical (unpaired) electrons. The fourth-order valence-corrected chi connectivity index (χ4v) is 2.86. The Kier molecular flexibility index (Phi) is 4.81. The number of nitrogens with zero attached hydrogens (tertiary/aromatic N) is 2. The van der Waals surface area contributed by atoms with Crippen LogP contribution < -0.4 is 15.8 Å². The molecule has 0 fully saturated rings. The Morgan fingerprint density at radius 2 is 2.19 bits per heavy atom. The fraction of sp³-hybridized carbons (Fsp3) is 0.308. The van der Waals surface area contributed by atoms with E-state index < -0.39 is 10.0 Å². The van der Waals surface area contributed by atoms with Crippen LogP contribution in [0.15, 0.2) is 41.8 Å². The molecule has 0 saturated heterocycles. The lowest BCUT2D eigenvalue weighted by Crippen LogP contribution is -2.20. The highest BCUT2D eigenvalue weighted by Crippen LogP contribution is 2.23. The molecular weight excluding hydrogens is 290 g/mol. The van der Waals surface area contributed by atoms with Gasteiger partial charge in [-0.2, -0.15) is 0 Å². The van der Waals surface area contributed by atoms with E-state index in [0.717, 1.165) is 13.0 Å². The number of anilines is 2.